The number of aliphatic hydroxyl groups is 1. The average molecular weight is 347 g/mol. The van der Waals surface area contributed by atoms with Gasteiger partial charge in [0.05, 0.1) is 0 Å². The summed E-state index contributed by atoms with van der Waals surface area (Å²) in [6.07, 6.45) is -3.14. The van der Waals surface area contributed by atoms with E-state index in [-0.39, 0.29) is 43.1 Å². The van der Waals surface area contributed by atoms with Crippen LogP contribution in [0.5, 0.6) is 5.75 Å². The van der Waals surface area contributed by atoms with Crippen LogP contribution < -0.4 is 10.1 Å². The molecule has 0 heterocycles. The lowest BCUT2D eigenvalue weighted by molar-refractivity contribution is -0.274. The normalized spacial score (nSPS) is 14.1. The Balaban J connectivity index is 2.58. The van der Waals surface area contributed by atoms with Gasteiger partial charge in [0.2, 0.25) is 5.91 Å². The standard InChI is InChI=1S/C17H24F3NO3/c1-3-14(10-12(2)11-22)21-16(23)9-8-13-6-4-5-7-15(13)24-17(18,19)20/h4-7,12,14,22H,3,8-11H2,1-2H3,(H,21,23). The minimum atomic E-state index is -4.76. The van der Waals surface area contributed by atoms with Gasteiger partial charge in [-0.15, -0.1) is 13.2 Å². The van der Waals surface area contributed by atoms with Gasteiger partial charge in [0.15, 0.2) is 0 Å². The molecule has 1 amide bonds. The first-order valence-electron chi connectivity index (χ1n) is 7.99. The molecule has 0 aliphatic heterocycles. The monoisotopic (exact) mass is 347 g/mol. The zero-order chi connectivity index (χ0) is 18.2. The van der Waals surface area contributed by atoms with Crippen molar-refractivity contribution in [1.29, 1.82) is 0 Å². The molecule has 1 aromatic rings. The molecule has 0 aliphatic carbocycles. The van der Waals surface area contributed by atoms with Gasteiger partial charge in [-0.25, -0.2) is 0 Å². The van der Waals surface area contributed by atoms with E-state index >= 15 is 0 Å². The molecule has 0 spiro atoms. The van der Waals surface area contributed by atoms with Crippen LogP contribution in [-0.2, 0) is 11.2 Å². The quantitative estimate of drug-likeness (QED) is 0.719. The SMILES string of the molecule is CCC(CC(C)CO)NC(=O)CCc1ccccc1OC(F)(F)F. The molecule has 2 N–H and O–H groups in total. The predicted molar refractivity (Wildman–Crippen MR) is 84.5 cm³/mol. The lowest BCUT2D eigenvalue weighted by atomic mass is 10.0. The van der Waals surface area contributed by atoms with Crippen LogP contribution in [0.3, 0.4) is 0 Å². The molecule has 0 aromatic heterocycles. The van der Waals surface area contributed by atoms with Crippen molar-refractivity contribution in [2.75, 3.05) is 6.61 Å². The second-order valence-electron chi connectivity index (χ2n) is 5.85. The number of carbonyl (C=O) groups excluding carboxylic acids is 1. The van der Waals surface area contributed by atoms with E-state index in [0.29, 0.717) is 12.0 Å². The smallest absolute Gasteiger partial charge is 0.406 e. The molecule has 0 saturated heterocycles. The fourth-order valence-electron chi connectivity index (χ4n) is 2.37. The lowest BCUT2D eigenvalue weighted by Gasteiger charge is -2.20. The van der Waals surface area contributed by atoms with Crippen molar-refractivity contribution in [3.8, 4) is 5.75 Å². The molecule has 2 unspecified atom stereocenters. The number of benzene rings is 1. The summed E-state index contributed by atoms with van der Waals surface area (Å²) in [5.41, 5.74) is 0.335. The Kier molecular flexibility index (Phi) is 8.04. The van der Waals surface area contributed by atoms with Gasteiger partial charge >= 0.3 is 6.36 Å². The number of para-hydroxylation sites is 1. The van der Waals surface area contributed by atoms with Crippen molar-refractivity contribution in [3.05, 3.63) is 29.8 Å². The van der Waals surface area contributed by atoms with Gasteiger partial charge in [-0.05, 0) is 36.8 Å². The number of ether oxygens (including phenoxy) is 1. The van der Waals surface area contributed by atoms with Crippen LogP contribution in [0.2, 0.25) is 0 Å². The van der Waals surface area contributed by atoms with E-state index in [2.05, 4.69) is 10.1 Å². The van der Waals surface area contributed by atoms with Crippen molar-refractivity contribution in [1.82, 2.24) is 5.32 Å². The molecule has 1 rings (SSSR count). The van der Waals surface area contributed by atoms with E-state index < -0.39 is 6.36 Å². The first-order valence-corrected chi connectivity index (χ1v) is 7.99. The van der Waals surface area contributed by atoms with E-state index in [1.54, 1.807) is 6.07 Å². The van der Waals surface area contributed by atoms with Crippen LogP contribution in [0.25, 0.3) is 0 Å². The summed E-state index contributed by atoms with van der Waals surface area (Å²) in [6.45, 7) is 3.87. The Morgan fingerprint density at radius 1 is 1.33 bits per heavy atom. The average Bonchev–Trinajstić information content (AvgIpc) is 2.51. The van der Waals surface area contributed by atoms with Crippen molar-refractivity contribution < 1.29 is 27.8 Å². The third-order valence-electron chi connectivity index (χ3n) is 3.68. The molecular formula is C17H24F3NO3. The summed E-state index contributed by atoms with van der Waals surface area (Å²) in [4.78, 5) is 12.0. The Labute approximate surface area is 140 Å². The molecule has 0 fully saturated rings. The van der Waals surface area contributed by atoms with Crippen LogP contribution in [-0.4, -0.2) is 30.0 Å². The van der Waals surface area contributed by atoms with E-state index in [1.807, 2.05) is 13.8 Å². The van der Waals surface area contributed by atoms with Crippen LogP contribution in [0.1, 0.15) is 38.7 Å². The number of alkyl halides is 3. The van der Waals surface area contributed by atoms with Gasteiger partial charge in [0.1, 0.15) is 5.75 Å². The highest BCUT2D eigenvalue weighted by Gasteiger charge is 2.32. The molecule has 0 radical (unpaired) electrons. The first-order chi connectivity index (χ1) is 11.2. The minimum Gasteiger partial charge on any atom is -0.406 e. The molecule has 4 nitrogen and oxygen atoms in total. The highest BCUT2D eigenvalue weighted by molar-refractivity contribution is 5.76. The highest BCUT2D eigenvalue weighted by Crippen LogP contribution is 2.27. The molecule has 0 saturated carbocycles. The van der Waals surface area contributed by atoms with Crippen molar-refractivity contribution >= 4 is 5.91 Å². The van der Waals surface area contributed by atoms with Crippen LogP contribution in [0, 0.1) is 5.92 Å². The summed E-state index contributed by atoms with van der Waals surface area (Å²) >= 11 is 0. The Morgan fingerprint density at radius 2 is 2.00 bits per heavy atom. The van der Waals surface area contributed by atoms with E-state index in [9.17, 15) is 18.0 Å². The summed E-state index contributed by atoms with van der Waals surface area (Å²) in [5, 5.41) is 11.9. The lowest BCUT2D eigenvalue weighted by Crippen LogP contribution is -2.36. The number of halogens is 3. The summed E-state index contributed by atoms with van der Waals surface area (Å²) < 4.78 is 41.1. The number of hydrogen-bond donors (Lipinski definition) is 2. The van der Waals surface area contributed by atoms with Gasteiger partial charge in [-0.1, -0.05) is 32.0 Å². The number of rotatable bonds is 9. The largest absolute Gasteiger partial charge is 0.573 e. The van der Waals surface area contributed by atoms with Crippen LogP contribution in [0.4, 0.5) is 13.2 Å². The Morgan fingerprint density at radius 3 is 2.58 bits per heavy atom. The molecule has 24 heavy (non-hydrogen) atoms. The molecule has 1 aromatic carbocycles. The molecule has 0 aliphatic rings. The van der Waals surface area contributed by atoms with Crippen molar-refractivity contribution in [2.45, 2.75) is 51.9 Å². The van der Waals surface area contributed by atoms with Gasteiger partial charge < -0.3 is 15.2 Å². The van der Waals surface area contributed by atoms with Crippen LogP contribution in [0.15, 0.2) is 24.3 Å². The molecule has 7 heteroatoms. The number of carbonyl (C=O) groups is 1. The van der Waals surface area contributed by atoms with Gasteiger partial charge in [-0.2, -0.15) is 0 Å². The van der Waals surface area contributed by atoms with Crippen LogP contribution >= 0.6 is 0 Å². The topological polar surface area (TPSA) is 58.6 Å². The summed E-state index contributed by atoms with van der Waals surface area (Å²) in [5.74, 6) is -0.427. The summed E-state index contributed by atoms with van der Waals surface area (Å²) in [6, 6.07) is 5.75. The first kappa shape index (κ1) is 20.3. The number of aryl methyl sites for hydroxylation is 1. The molecule has 2 atom stereocenters. The summed E-state index contributed by atoms with van der Waals surface area (Å²) in [7, 11) is 0. The van der Waals surface area contributed by atoms with Crippen molar-refractivity contribution in [2.24, 2.45) is 5.92 Å². The number of aliphatic hydroxyl groups excluding tert-OH is 1. The third kappa shape index (κ3) is 7.68. The highest BCUT2D eigenvalue weighted by atomic mass is 19.4. The van der Waals surface area contributed by atoms with Crippen molar-refractivity contribution in [3.63, 3.8) is 0 Å². The predicted octanol–water partition coefficient (Wildman–Crippen LogP) is 3.43. The van der Waals surface area contributed by atoms with Gasteiger partial charge in [-0.3, -0.25) is 4.79 Å². The zero-order valence-corrected chi connectivity index (χ0v) is 13.9. The second-order valence-corrected chi connectivity index (χ2v) is 5.85. The minimum absolute atomic E-state index is 0.0501. The van der Waals surface area contributed by atoms with E-state index in [1.165, 1.54) is 18.2 Å². The van der Waals surface area contributed by atoms with Gasteiger partial charge in [0, 0.05) is 19.1 Å². The number of amides is 1. The Bertz CT molecular complexity index is 520. The molecule has 136 valence electrons. The van der Waals surface area contributed by atoms with E-state index in [0.717, 1.165) is 6.42 Å². The fraction of sp³-hybridized carbons (Fsp3) is 0.588. The Hall–Kier alpha value is -1.76. The number of hydrogen-bond acceptors (Lipinski definition) is 3. The zero-order valence-electron chi connectivity index (χ0n) is 13.9. The second kappa shape index (κ2) is 9.52. The number of nitrogens with one attached hydrogen (secondary N) is 1. The van der Waals surface area contributed by atoms with E-state index in [4.69, 9.17) is 5.11 Å². The maximum atomic E-state index is 12.4. The molecular weight excluding hydrogens is 323 g/mol. The third-order valence-corrected chi connectivity index (χ3v) is 3.68. The maximum Gasteiger partial charge on any atom is 0.573 e. The van der Waals surface area contributed by atoms with Gasteiger partial charge in [0.25, 0.3) is 0 Å². The molecule has 0 bridgehead atoms. The maximum absolute atomic E-state index is 12.4. The fourth-order valence-corrected chi connectivity index (χ4v) is 2.37.